The van der Waals surface area contributed by atoms with Crippen molar-refractivity contribution < 1.29 is 8.42 Å². The second-order valence-corrected chi connectivity index (χ2v) is 9.31. The van der Waals surface area contributed by atoms with E-state index in [0.29, 0.717) is 40.1 Å². The van der Waals surface area contributed by atoms with Gasteiger partial charge in [-0.3, -0.25) is 9.13 Å². The molecule has 146 valence electrons. The first-order valence-electron chi connectivity index (χ1n) is 8.90. The highest BCUT2D eigenvalue weighted by atomic mass is 32.2. The number of pyridine rings is 1. The number of nitrogens with zero attached hydrogens (tertiary/aromatic N) is 7. The normalized spacial score (nSPS) is 18.4. The first kappa shape index (κ1) is 17.6. The fraction of sp³-hybridized carbons (Fsp3) is 0.278. The Kier molecular flexibility index (Phi) is 3.63. The van der Waals surface area contributed by atoms with Crippen molar-refractivity contribution in [2.45, 2.75) is 12.5 Å². The molecule has 0 aliphatic carbocycles. The summed E-state index contributed by atoms with van der Waals surface area (Å²) in [7, 11) is -1.55. The molecule has 0 spiro atoms. The molecule has 0 amide bonds. The van der Waals surface area contributed by atoms with Crippen molar-refractivity contribution >= 4 is 26.5 Å². The van der Waals surface area contributed by atoms with Crippen LogP contribution in [0, 0.1) is 11.3 Å². The molecule has 1 atom stereocenters. The van der Waals surface area contributed by atoms with Crippen LogP contribution in [0.1, 0.15) is 18.0 Å². The van der Waals surface area contributed by atoms with Crippen molar-refractivity contribution in [3.63, 3.8) is 0 Å². The van der Waals surface area contributed by atoms with Crippen LogP contribution in [0.5, 0.6) is 0 Å². The Balaban J connectivity index is 1.73. The molecule has 4 aromatic heterocycles. The quantitative estimate of drug-likeness (QED) is 0.476. The van der Waals surface area contributed by atoms with E-state index in [-0.39, 0.29) is 17.2 Å². The van der Waals surface area contributed by atoms with Crippen LogP contribution in [-0.2, 0) is 16.9 Å². The molecule has 0 radical (unpaired) electrons. The summed E-state index contributed by atoms with van der Waals surface area (Å²) < 4.78 is 28.4. The van der Waals surface area contributed by atoms with Crippen molar-refractivity contribution in [2.75, 3.05) is 11.5 Å². The molecule has 1 unspecified atom stereocenters. The zero-order chi connectivity index (χ0) is 20.3. The summed E-state index contributed by atoms with van der Waals surface area (Å²) in [6.07, 6.45) is 5.21. The molecule has 0 saturated carbocycles. The summed E-state index contributed by atoms with van der Waals surface area (Å²) in [5.41, 5.74) is 2.36. The Morgan fingerprint density at radius 3 is 2.83 bits per heavy atom. The van der Waals surface area contributed by atoms with Gasteiger partial charge < -0.3 is 0 Å². The molecular formula is C18H15N7O3S. The Hall–Kier alpha value is -3.52. The van der Waals surface area contributed by atoms with Crippen LogP contribution in [-0.4, -0.2) is 48.6 Å². The molecule has 10 nitrogen and oxygen atoms in total. The van der Waals surface area contributed by atoms with E-state index in [1.807, 2.05) is 0 Å². The molecular weight excluding hydrogens is 394 g/mol. The topological polar surface area (TPSA) is 128 Å². The lowest BCUT2D eigenvalue weighted by atomic mass is 10.2. The van der Waals surface area contributed by atoms with Gasteiger partial charge in [0.15, 0.2) is 21.3 Å². The minimum absolute atomic E-state index is 0.0589. The van der Waals surface area contributed by atoms with Gasteiger partial charge in [0, 0.05) is 13.2 Å². The van der Waals surface area contributed by atoms with Crippen LogP contribution in [0.3, 0.4) is 0 Å². The zero-order valence-corrected chi connectivity index (χ0v) is 16.2. The summed E-state index contributed by atoms with van der Waals surface area (Å²) in [6, 6.07) is 4.99. The van der Waals surface area contributed by atoms with E-state index in [1.54, 1.807) is 42.3 Å². The Labute approximate surface area is 164 Å². The lowest BCUT2D eigenvalue weighted by molar-refractivity contribution is 0.541. The van der Waals surface area contributed by atoms with Crippen LogP contribution in [0.2, 0.25) is 0 Å². The van der Waals surface area contributed by atoms with Gasteiger partial charge in [-0.25, -0.2) is 27.7 Å². The maximum absolute atomic E-state index is 12.8. The average Bonchev–Trinajstić information content (AvgIpc) is 3.35. The van der Waals surface area contributed by atoms with Crippen molar-refractivity contribution in [1.82, 2.24) is 28.7 Å². The minimum atomic E-state index is -3.17. The molecule has 1 aliphatic heterocycles. The van der Waals surface area contributed by atoms with Crippen molar-refractivity contribution in [2.24, 2.45) is 7.05 Å². The summed E-state index contributed by atoms with van der Waals surface area (Å²) in [5, 5.41) is 13.4. The van der Waals surface area contributed by atoms with Crippen molar-refractivity contribution in [3.05, 3.63) is 46.8 Å². The van der Waals surface area contributed by atoms with Gasteiger partial charge in [0.1, 0.15) is 5.52 Å². The van der Waals surface area contributed by atoms with Gasteiger partial charge >= 0.3 is 5.69 Å². The smallest absolute Gasteiger partial charge is 0.292 e. The van der Waals surface area contributed by atoms with Crippen LogP contribution >= 0.6 is 0 Å². The van der Waals surface area contributed by atoms with E-state index >= 15 is 0 Å². The largest absolute Gasteiger partial charge is 0.330 e. The molecule has 0 bridgehead atoms. The van der Waals surface area contributed by atoms with Gasteiger partial charge in [0.05, 0.1) is 52.7 Å². The SMILES string of the molecule is Cn1c(=O)n(C2CCS(=O)(=O)C2)c2nc(-c3cnn4ccc(C#N)cc34)ncc21. The van der Waals surface area contributed by atoms with Gasteiger partial charge in [0.25, 0.3) is 0 Å². The number of aryl methyl sites for hydroxylation is 1. The van der Waals surface area contributed by atoms with Crippen LogP contribution in [0.25, 0.3) is 28.1 Å². The average molecular weight is 409 g/mol. The summed E-state index contributed by atoms with van der Waals surface area (Å²) in [4.78, 5) is 21.8. The third-order valence-corrected chi connectivity index (χ3v) is 7.05. The predicted molar refractivity (Wildman–Crippen MR) is 104 cm³/mol. The van der Waals surface area contributed by atoms with E-state index in [2.05, 4.69) is 21.1 Å². The zero-order valence-electron chi connectivity index (χ0n) is 15.3. The molecule has 1 fully saturated rings. The van der Waals surface area contributed by atoms with E-state index < -0.39 is 15.9 Å². The maximum atomic E-state index is 12.8. The molecule has 29 heavy (non-hydrogen) atoms. The van der Waals surface area contributed by atoms with Gasteiger partial charge in [-0.2, -0.15) is 10.4 Å². The molecule has 0 N–H and O–H groups in total. The number of nitriles is 1. The summed E-state index contributed by atoms with van der Waals surface area (Å²) in [6.45, 7) is 0. The molecule has 4 aromatic rings. The fourth-order valence-corrected chi connectivity index (χ4v) is 5.50. The third-order valence-electron chi connectivity index (χ3n) is 5.30. The van der Waals surface area contributed by atoms with Gasteiger partial charge in [-0.15, -0.1) is 0 Å². The number of rotatable bonds is 2. The second-order valence-electron chi connectivity index (χ2n) is 7.09. The number of sulfone groups is 1. The highest BCUT2D eigenvalue weighted by molar-refractivity contribution is 7.91. The lowest BCUT2D eigenvalue weighted by Crippen LogP contribution is -2.27. The van der Waals surface area contributed by atoms with Crippen LogP contribution < -0.4 is 5.69 Å². The molecule has 1 aliphatic rings. The van der Waals surface area contributed by atoms with E-state index in [0.717, 1.165) is 0 Å². The van der Waals surface area contributed by atoms with Crippen LogP contribution in [0.4, 0.5) is 0 Å². The van der Waals surface area contributed by atoms with Gasteiger partial charge in [-0.1, -0.05) is 0 Å². The minimum Gasteiger partial charge on any atom is -0.292 e. The second kappa shape index (κ2) is 5.99. The Bertz CT molecular complexity index is 1500. The van der Waals surface area contributed by atoms with Gasteiger partial charge in [0.2, 0.25) is 0 Å². The molecule has 11 heteroatoms. The number of hydrogen-bond donors (Lipinski definition) is 0. The monoisotopic (exact) mass is 409 g/mol. The Morgan fingerprint density at radius 2 is 2.10 bits per heavy atom. The number of imidazole rings is 1. The first-order valence-corrected chi connectivity index (χ1v) is 10.7. The number of fused-ring (bicyclic) bond motifs is 2. The van der Waals surface area contributed by atoms with E-state index in [9.17, 15) is 13.2 Å². The fourth-order valence-electron chi connectivity index (χ4n) is 3.80. The predicted octanol–water partition coefficient (Wildman–Crippen LogP) is 0.676. The van der Waals surface area contributed by atoms with E-state index in [1.165, 1.54) is 9.13 Å². The number of aromatic nitrogens is 6. The molecule has 5 rings (SSSR count). The van der Waals surface area contributed by atoms with Crippen molar-refractivity contribution in [3.8, 4) is 17.5 Å². The third kappa shape index (κ3) is 2.64. The summed E-state index contributed by atoms with van der Waals surface area (Å²) >= 11 is 0. The molecule has 0 aromatic carbocycles. The summed E-state index contributed by atoms with van der Waals surface area (Å²) in [5.74, 6) is 0.333. The highest BCUT2D eigenvalue weighted by Gasteiger charge is 2.32. The van der Waals surface area contributed by atoms with Crippen molar-refractivity contribution in [1.29, 1.82) is 5.26 Å². The lowest BCUT2D eigenvalue weighted by Gasteiger charge is -2.09. The standard InChI is InChI=1S/C18H15N7O3S/c1-23-15-9-20-16(13-8-21-24-4-2-11(7-19)6-14(13)24)22-17(15)25(18(23)26)12-3-5-29(27,28)10-12/h2,4,6,8-9,12H,3,5,10H2,1H3. The van der Waals surface area contributed by atoms with E-state index in [4.69, 9.17) is 5.26 Å². The highest BCUT2D eigenvalue weighted by Crippen LogP contribution is 2.27. The Morgan fingerprint density at radius 1 is 1.28 bits per heavy atom. The molecule has 1 saturated heterocycles. The number of hydrogen-bond acceptors (Lipinski definition) is 7. The molecule has 5 heterocycles. The van der Waals surface area contributed by atoms with Gasteiger partial charge in [-0.05, 0) is 18.6 Å². The van der Waals surface area contributed by atoms with Crippen LogP contribution in [0.15, 0.2) is 35.5 Å². The first-order chi connectivity index (χ1) is 13.9. The maximum Gasteiger partial charge on any atom is 0.330 e.